The predicted molar refractivity (Wildman–Crippen MR) is 84.5 cm³/mol. The molecule has 104 valence electrons. The van der Waals surface area contributed by atoms with E-state index in [1.165, 1.54) is 0 Å². The van der Waals surface area contributed by atoms with E-state index in [2.05, 4.69) is 4.98 Å². The van der Waals surface area contributed by atoms with Crippen LogP contribution in [-0.2, 0) is 0 Å². The number of methoxy groups -OCH3 is 1. The molecule has 0 amide bonds. The summed E-state index contributed by atoms with van der Waals surface area (Å²) in [5.41, 5.74) is 3.39. The maximum atomic E-state index is 12.3. The molecule has 0 saturated heterocycles. The van der Waals surface area contributed by atoms with Crippen molar-refractivity contribution < 1.29 is 4.74 Å². The number of aromatic nitrogens is 1. The summed E-state index contributed by atoms with van der Waals surface area (Å²) in [6, 6.07) is 19.3. The number of benzene rings is 2. The van der Waals surface area contributed by atoms with Crippen LogP contribution >= 0.6 is 0 Å². The lowest BCUT2D eigenvalue weighted by Gasteiger charge is -2.09. The molecule has 1 N–H and O–H groups in total. The molecule has 0 fully saturated rings. The van der Waals surface area contributed by atoms with E-state index >= 15 is 0 Å². The normalized spacial score (nSPS) is 10.3. The first kappa shape index (κ1) is 13.2. The molecule has 0 bridgehead atoms. The summed E-state index contributed by atoms with van der Waals surface area (Å²) in [6.07, 6.45) is 1.68. The fraction of sp³-hybridized carbons (Fsp3) is 0.0556. The Hall–Kier alpha value is -2.81. The number of nitrogens with one attached hydrogen (secondary N) is 1. The fourth-order valence-electron chi connectivity index (χ4n) is 2.38. The van der Waals surface area contributed by atoms with Crippen LogP contribution in [0.5, 0.6) is 5.75 Å². The van der Waals surface area contributed by atoms with Crippen molar-refractivity contribution >= 4 is 0 Å². The molecule has 1 aromatic heterocycles. The van der Waals surface area contributed by atoms with Gasteiger partial charge in [-0.3, -0.25) is 4.79 Å². The van der Waals surface area contributed by atoms with E-state index in [0.717, 1.165) is 22.4 Å². The molecule has 0 saturated carbocycles. The number of rotatable bonds is 3. The van der Waals surface area contributed by atoms with Gasteiger partial charge in [-0.2, -0.15) is 0 Å². The molecule has 3 heteroatoms. The summed E-state index contributed by atoms with van der Waals surface area (Å²) in [5.74, 6) is 0.771. The van der Waals surface area contributed by atoms with Gasteiger partial charge in [0.2, 0.25) is 0 Å². The van der Waals surface area contributed by atoms with Gasteiger partial charge in [0.1, 0.15) is 5.75 Å². The molecule has 1 heterocycles. The average molecular weight is 277 g/mol. The molecule has 3 nitrogen and oxygen atoms in total. The topological polar surface area (TPSA) is 42.1 Å². The monoisotopic (exact) mass is 277 g/mol. The first-order valence-corrected chi connectivity index (χ1v) is 6.71. The standard InChI is InChI=1S/C18H15NO2/c1-21-15-9-7-14(8-10-15)17-16(11-12-19-18(17)20)13-5-3-2-4-6-13/h2-12H,1H3,(H,19,20). The molecule has 0 spiro atoms. The Morgan fingerprint density at radius 2 is 1.57 bits per heavy atom. The van der Waals surface area contributed by atoms with Crippen LogP contribution in [0.15, 0.2) is 71.7 Å². The van der Waals surface area contributed by atoms with Gasteiger partial charge < -0.3 is 9.72 Å². The summed E-state index contributed by atoms with van der Waals surface area (Å²) in [7, 11) is 1.62. The van der Waals surface area contributed by atoms with Crippen molar-refractivity contribution in [2.24, 2.45) is 0 Å². The lowest BCUT2D eigenvalue weighted by Crippen LogP contribution is -2.09. The second-order valence-electron chi connectivity index (χ2n) is 4.69. The molecule has 0 atom stereocenters. The van der Waals surface area contributed by atoms with Crippen molar-refractivity contribution in [3.63, 3.8) is 0 Å². The van der Waals surface area contributed by atoms with E-state index < -0.39 is 0 Å². The minimum absolute atomic E-state index is 0.0958. The first-order chi connectivity index (χ1) is 10.3. The van der Waals surface area contributed by atoms with Crippen LogP contribution in [0.25, 0.3) is 22.3 Å². The third-order valence-corrected chi connectivity index (χ3v) is 3.42. The van der Waals surface area contributed by atoms with Crippen LogP contribution in [-0.4, -0.2) is 12.1 Å². The number of ether oxygens (including phenoxy) is 1. The highest BCUT2D eigenvalue weighted by molar-refractivity contribution is 5.82. The maximum Gasteiger partial charge on any atom is 0.256 e. The zero-order valence-electron chi connectivity index (χ0n) is 11.7. The molecule has 0 aliphatic rings. The molecule has 3 aromatic rings. The van der Waals surface area contributed by atoms with Gasteiger partial charge in [0.25, 0.3) is 5.56 Å². The third-order valence-electron chi connectivity index (χ3n) is 3.42. The van der Waals surface area contributed by atoms with Crippen molar-refractivity contribution in [2.75, 3.05) is 7.11 Å². The zero-order valence-corrected chi connectivity index (χ0v) is 11.7. The first-order valence-electron chi connectivity index (χ1n) is 6.71. The Labute approximate surface area is 122 Å². The van der Waals surface area contributed by atoms with Crippen LogP contribution in [0.2, 0.25) is 0 Å². The Morgan fingerprint density at radius 3 is 2.24 bits per heavy atom. The number of hydrogen-bond donors (Lipinski definition) is 1. The highest BCUT2D eigenvalue weighted by Crippen LogP contribution is 2.29. The van der Waals surface area contributed by atoms with Crippen LogP contribution < -0.4 is 10.3 Å². The third kappa shape index (κ3) is 2.58. The molecular formula is C18H15NO2. The van der Waals surface area contributed by atoms with Crippen molar-refractivity contribution in [2.45, 2.75) is 0 Å². The van der Waals surface area contributed by atoms with Gasteiger partial charge in [0.15, 0.2) is 0 Å². The van der Waals surface area contributed by atoms with Gasteiger partial charge in [-0.05, 0) is 34.9 Å². The van der Waals surface area contributed by atoms with Crippen molar-refractivity contribution in [1.82, 2.24) is 4.98 Å². The van der Waals surface area contributed by atoms with E-state index in [1.54, 1.807) is 13.3 Å². The number of hydrogen-bond acceptors (Lipinski definition) is 2. The molecule has 0 aliphatic carbocycles. The fourth-order valence-corrected chi connectivity index (χ4v) is 2.38. The molecular weight excluding hydrogens is 262 g/mol. The smallest absolute Gasteiger partial charge is 0.256 e. The molecule has 2 aromatic carbocycles. The van der Waals surface area contributed by atoms with Gasteiger partial charge in [0.05, 0.1) is 12.7 Å². The highest BCUT2D eigenvalue weighted by atomic mass is 16.5. The van der Waals surface area contributed by atoms with E-state index in [1.807, 2.05) is 60.7 Å². The Bertz CT molecular complexity index is 789. The highest BCUT2D eigenvalue weighted by Gasteiger charge is 2.11. The predicted octanol–water partition coefficient (Wildman–Crippen LogP) is 3.72. The van der Waals surface area contributed by atoms with Crippen LogP contribution in [0, 0.1) is 0 Å². The average Bonchev–Trinajstić information content (AvgIpc) is 2.55. The lowest BCUT2D eigenvalue weighted by molar-refractivity contribution is 0.415. The van der Waals surface area contributed by atoms with E-state index in [9.17, 15) is 4.79 Å². The zero-order chi connectivity index (χ0) is 14.7. The van der Waals surface area contributed by atoms with E-state index in [4.69, 9.17) is 4.74 Å². The second-order valence-corrected chi connectivity index (χ2v) is 4.69. The van der Waals surface area contributed by atoms with Crippen LogP contribution in [0.1, 0.15) is 0 Å². The summed E-state index contributed by atoms with van der Waals surface area (Å²) < 4.78 is 5.16. The molecule has 0 radical (unpaired) electrons. The van der Waals surface area contributed by atoms with Gasteiger partial charge in [0, 0.05) is 6.20 Å². The van der Waals surface area contributed by atoms with Crippen molar-refractivity contribution in [3.8, 4) is 28.0 Å². The van der Waals surface area contributed by atoms with E-state index in [-0.39, 0.29) is 5.56 Å². The summed E-state index contributed by atoms with van der Waals surface area (Å²) >= 11 is 0. The van der Waals surface area contributed by atoms with Crippen LogP contribution in [0.4, 0.5) is 0 Å². The minimum Gasteiger partial charge on any atom is -0.497 e. The lowest BCUT2D eigenvalue weighted by atomic mass is 9.96. The van der Waals surface area contributed by atoms with Crippen molar-refractivity contribution in [1.29, 1.82) is 0 Å². The SMILES string of the molecule is COc1ccc(-c2c(-c3ccccc3)cc[nH]c2=O)cc1. The molecule has 0 unspecified atom stereocenters. The van der Waals surface area contributed by atoms with Crippen molar-refractivity contribution in [3.05, 3.63) is 77.2 Å². The largest absolute Gasteiger partial charge is 0.497 e. The quantitative estimate of drug-likeness (QED) is 0.792. The number of aromatic amines is 1. The van der Waals surface area contributed by atoms with Crippen LogP contribution in [0.3, 0.4) is 0 Å². The molecule has 0 aliphatic heterocycles. The number of pyridine rings is 1. The Morgan fingerprint density at radius 1 is 0.857 bits per heavy atom. The van der Waals surface area contributed by atoms with E-state index in [0.29, 0.717) is 5.56 Å². The Kier molecular flexibility index (Phi) is 3.56. The Balaban J connectivity index is 2.19. The van der Waals surface area contributed by atoms with Gasteiger partial charge >= 0.3 is 0 Å². The second kappa shape index (κ2) is 5.67. The summed E-state index contributed by atoms with van der Waals surface area (Å²) in [4.78, 5) is 15.0. The van der Waals surface area contributed by atoms with Gasteiger partial charge in [-0.1, -0.05) is 42.5 Å². The van der Waals surface area contributed by atoms with Gasteiger partial charge in [-0.25, -0.2) is 0 Å². The number of H-pyrrole nitrogens is 1. The minimum atomic E-state index is -0.0958. The maximum absolute atomic E-state index is 12.3. The summed E-state index contributed by atoms with van der Waals surface area (Å²) in [6.45, 7) is 0. The summed E-state index contributed by atoms with van der Waals surface area (Å²) in [5, 5.41) is 0. The van der Waals surface area contributed by atoms with Gasteiger partial charge in [-0.15, -0.1) is 0 Å². The molecule has 3 rings (SSSR count). The molecule has 21 heavy (non-hydrogen) atoms.